The molecule has 2 aromatic rings. The van der Waals surface area contributed by atoms with Gasteiger partial charge in [-0.05, 0) is 49.7 Å². The normalized spacial score (nSPS) is 12.5. The lowest BCUT2D eigenvalue weighted by Crippen LogP contribution is -2.30. The fourth-order valence-electron chi connectivity index (χ4n) is 2.27. The number of ether oxygens (including phenoxy) is 1. The van der Waals surface area contributed by atoms with Gasteiger partial charge in [0.25, 0.3) is 5.91 Å². The van der Waals surface area contributed by atoms with Crippen LogP contribution in [0.2, 0.25) is 10.0 Å². The zero-order valence-electron chi connectivity index (χ0n) is 16.2. The van der Waals surface area contributed by atoms with Gasteiger partial charge in [0, 0.05) is 24.8 Å². The number of esters is 1. The van der Waals surface area contributed by atoms with Crippen molar-refractivity contribution in [2.75, 3.05) is 19.4 Å². The summed E-state index contributed by atoms with van der Waals surface area (Å²) >= 11 is 11.8. The van der Waals surface area contributed by atoms with Crippen molar-refractivity contribution in [2.45, 2.75) is 24.8 Å². The van der Waals surface area contributed by atoms with Crippen molar-refractivity contribution in [3.8, 4) is 0 Å². The van der Waals surface area contributed by atoms with Gasteiger partial charge in [-0.15, -0.1) is 0 Å². The smallest absolute Gasteiger partial charge is 0.340 e. The third kappa shape index (κ3) is 5.48. The molecule has 156 valence electrons. The van der Waals surface area contributed by atoms with Crippen molar-refractivity contribution < 1.29 is 22.7 Å². The second-order valence-electron chi connectivity index (χ2n) is 6.43. The van der Waals surface area contributed by atoms with Gasteiger partial charge in [0.05, 0.1) is 15.5 Å². The number of nitrogens with one attached hydrogen (secondary N) is 1. The Morgan fingerprint density at radius 3 is 2.34 bits per heavy atom. The quantitative estimate of drug-likeness (QED) is 0.665. The van der Waals surface area contributed by atoms with E-state index in [0.717, 1.165) is 4.31 Å². The first kappa shape index (κ1) is 23.2. The fraction of sp³-hybridized carbons (Fsp3) is 0.263. The van der Waals surface area contributed by atoms with Crippen LogP contribution >= 0.6 is 23.2 Å². The summed E-state index contributed by atoms with van der Waals surface area (Å²) in [6.45, 7) is 3.11. The number of rotatable bonds is 6. The van der Waals surface area contributed by atoms with E-state index < -0.39 is 28.0 Å². The zero-order chi connectivity index (χ0) is 21.9. The van der Waals surface area contributed by atoms with Crippen LogP contribution in [0.4, 0.5) is 5.69 Å². The number of halogens is 2. The Kier molecular flexibility index (Phi) is 7.29. The number of hydrogen-bond donors (Lipinski definition) is 1. The van der Waals surface area contributed by atoms with E-state index in [1.54, 1.807) is 13.0 Å². The summed E-state index contributed by atoms with van der Waals surface area (Å²) < 4.78 is 30.8. The Balaban J connectivity index is 2.16. The van der Waals surface area contributed by atoms with Crippen molar-refractivity contribution in [2.24, 2.45) is 0 Å². The number of aryl methyl sites for hydroxylation is 1. The van der Waals surface area contributed by atoms with Crippen molar-refractivity contribution in [3.05, 3.63) is 57.6 Å². The largest absolute Gasteiger partial charge is 0.449 e. The molecule has 0 saturated heterocycles. The Hall–Kier alpha value is -2.13. The molecule has 2 rings (SSSR count). The lowest BCUT2D eigenvalue weighted by Gasteiger charge is -2.17. The number of carbonyl (C=O) groups is 2. The van der Waals surface area contributed by atoms with E-state index in [-0.39, 0.29) is 15.5 Å². The average molecular weight is 459 g/mol. The highest BCUT2D eigenvalue weighted by Gasteiger charge is 2.23. The number of amides is 1. The zero-order valence-corrected chi connectivity index (χ0v) is 18.5. The fourth-order valence-corrected chi connectivity index (χ4v) is 3.69. The molecule has 10 heteroatoms. The van der Waals surface area contributed by atoms with Crippen LogP contribution < -0.4 is 5.32 Å². The number of nitrogens with zero attached hydrogens (tertiary/aromatic N) is 1. The summed E-state index contributed by atoms with van der Waals surface area (Å²) in [5.74, 6) is -1.40. The molecule has 0 aliphatic heterocycles. The van der Waals surface area contributed by atoms with Gasteiger partial charge in [-0.2, -0.15) is 0 Å². The molecular weight excluding hydrogens is 439 g/mol. The molecule has 0 unspecified atom stereocenters. The van der Waals surface area contributed by atoms with Crippen LogP contribution in [0, 0.1) is 6.92 Å². The predicted octanol–water partition coefficient (Wildman–Crippen LogP) is 3.74. The van der Waals surface area contributed by atoms with E-state index in [4.69, 9.17) is 27.9 Å². The molecule has 0 radical (unpaired) electrons. The Bertz CT molecular complexity index is 1050. The summed E-state index contributed by atoms with van der Waals surface area (Å²) in [6, 6.07) is 8.66. The molecule has 1 amide bonds. The van der Waals surface area contributed by atoms with Crippen LogP contribution in [0.3, 0.4) is 0 Å². The van der Waals surface area contributed by atoms with Gasteiger partial charge in [0.1, 0.15) is 0 Å². The minimum Gasteiger partial charge on any atom is -0.449 e. The van der Waals surface area contributed by atoms with Crippen molar-refractivity contribution in [3.63, 3.8) is 0 Å². The lowest BCUT2D eigenvalue weighted by atomic mass is 10.2. The van der Waals surface area contributed by atoms with Crippen molar-refractivity contribution in [1.82, 2.24) is 4.31 Å². The SMILES string of the molecule is Cc1ccc(S(=O)(=O)N(C)C)cc1NC(=O)[C@H](C)OC(=O)c1ccc(Cl)cc1Cl. The molecule has 2 aromatic carbocycles. The van der Waals surface area contributed by atoms with Crippen molar-refractivity contribution in [1.29, 1.82) is 0 Å². The highest BCUT2D eigenvalue weighted by Crippen LogP contribution is 2.24. The summed E-state index contributed by atoms with van der Waals surface area (Å²) in [6.07, 6.45) is -1.15. The monoisotopic (exact) mass is 458 g/mol. The highest BCUT2D eigenvalue weighted by atomic mass is 35.5. The highest BCUT2D eigenvalue weighted by molar-refractivity contribution is 7.89. The molecule has 0 aliphatic rings. The second kappa shape index (κ2) is 9.13. The maximum Gasteiger partial charge on any atom is 0.340 e. The van der Waals surface area contributed by atoms with Crippen LogP contribution in [0.25, 0.3) is 0 Å². The van der Waals surface area contributed by atoms with Gasteiger partial charge in [-0.1, -0.05) is 29.3 Å². The molecule has 0 aromatic heterocycles. The van der Waals surface area contributed by atoms with Crippen LogP contribution in [0.15, 0.2) is 41.3 Å². The molecule has 0 aliphatic carbocycles. The minimum absolute atomic E-state index is 0.0287. The van der Waals surface area contributed by atoms with Gasteiger partial charge in [-0.3, -0.25) is 4.79 Å². The topological polar surface area (TPSA) is 92.8 Å². The van der Waals surface area contributed by atoms with Crippen LogP contribution in [0.5, 0.6) is 0 Å². The number of anilines is 1. The van der Waals surface area contributed by atoms with E-state index in [9.17, 15) is 18.0 Å². The van der Waals surface area contributed by atoms with E-state index >= 15 is 0 Å². The molecule has 0 saturated carbocycles. The molecule has 7 nitrogen and oxygen atoms in total. The lowest BCUT2D eigenvalue weighted by molar-refractivity contribution is -0.123. The number of carbonyl (C=O) groups excluding carboxylic acids is 2. The summed E-state index contributed by atoms with van der Waals surface area (Å²) in [5, 5.41) is 3.05. The third-order valence-corrected chi connectivity index (χ3v) is 6.41. The van der Waals surface area contributed by atoms with Gasteiger partial charge in [-0.25, -0.2) is 17.5 Å². The van der Waals surface area contributed by atoms with Gasteiger partial charge in [0.15, 0.2) is 6.10 Å². The third-order valence-electron chi connectivity index (χ3n) is 4.05. The van der Waals surface area contributed by atoms with Gasteiger partial charge in [0.2, 0.25) is 10.0 Å². The van der Waals surface area contributed by atoms with Gasteiger partial charge >= 0.3 is 5.97 Å². The molecule has 1 atom stereocenters. The summed E-state index contributed by atoms with van der Waals surface area (Å²) in [4.78, 5) is 24.7. The van der Waals surface area contributed by atoms with Gasteiger partial charge < -0.3 is 10.1 Å². The first-order valence-corrected chi connectivity index (χ1v) is 10.6. The van der Waals surface area contributed by atoms with E-state index in [1.165, 1.54) is 51.4 Å². The Morgan fingerprint density at radius 2 is 1.76 bits per heavy atom. The molecule has 0 spiro atoms. The molecule has 0 fully saturated rings. The standard InChI is InChI=1S/C19H20Cl2N2O5S/c1-11-5-7-14(29(26,27)23(3)4)10-17(11)22-18(24)12(2)28-19(25)15-8-6-13(20)9-16(15)21/h5-10,12H,1-4H3,(H,22,24)/t12-/m0/s1. The molecule has 0 bridgehead atoms. The Morgan fingerprint density at radius 1 is 1.10 bits per heavy atom. The number of hydrogen-bond acceptors (Lipinski definition) is 5. The summed E-state index contributed by atoms with van der Waals surface area (Å²) in [5.41, 5.74) is 1.02. The van der Waals surface area contributed by atoms with Crippen LogP contribution in [0.1, 0.15) is 22.8 Å². The van der Waals surface area contributed by atoms with E-state index in [2.05, 4.69) is 5.32 Å². The molecule has 29 heavy (non-hydrogen) atoms. The van der Waals surface area contributed by atoms with E-state index in [1.807, 2.05) is 0 Å². The predicted molar refractivity (Wildman–Crippen MR) is 112 cm³/mol. The van der Waals surface area contributed by atoms with Crippen LogP contribution in [-0.4, -0.2) is 44.8 Å². The summed E-state index contributed by atoms with van der Waals surface area (Å²) in [7, 11) is -0.837. The number of sulfonamides is 1. The Labute approximate surface area is 179 Å². The first-order valence-electron chi connectivity index (χ1n) is 8.43. The maximum absolute atomic E-state index is 12.5. The second-order valence-corrected chi connectivity index (χ2v) is 9.42. The maximum atomic E-state index is 12.5. The molecule has 1 N–H and O–H groups in total. The van der Waals surface area contributed by atoms with Crippen molar-refractivity contribution >= 4 is 50.8 Å². The van der Waals surface area contributed by atoms with Crippen LogP contribution in [-0.2, 0) is 19.6 Å². The van der Waals surface area contributed by atoms with E-state index in [0.29, 0.717) is 16.3 Å². The number of benzene rings is 2. The molecular formula is C19H20Cl2N2O5S. The minimum atomic E-state index is -3.66. The molecule has 0 heterocycles. The average Bonchev–Trinajstić information content (AvgIpc) is 2.62. The first-order chi connectivity index (χ1) is 13.4.